The number of nitrogens with one attached hydrogen (secondary N) is 1. The van der Waals surface area contributed by atoms with Crippen molar-refractivity contribution in [3.63, 3.8) is 0 Å². The Morgan fingerprint density at radius 3 is 2.57 bits per heavy atom. The Kier molecular flexibility index (Phi) is 5.37. The van der Waals surface area contributed by atoms with E-state index in [1.54, 1.807) is 0 Å². The minimum absolute atomic E-state index is 0.306. The molecule has 1 atom stereocenters. The molecule has 21 heavy (non-hydrogen) atoms. The molecule has 0 aliphatic rings. The van der Waals surface area contributed by atoms with Gasteiger partial charge in [-0.2, -0.15) is 0 Å². The number of benzene rings is 2. The minimum Gasteiger partial charge on any atom is -0.468 e. The van der Waals surface area contributed by atoms with E-state index < -0.39 is 6.04 Å². The molecular formula is C17H18ClNO2. The van der Waals surface area contributed by atoms with E-state index in [9.17, 15) is 4.79 Å². The van der Waals surface area contributed by atoms with E-state index in [1.807, 2.05) is 55.5 Å². The molecule has 0 fully saturated rings. The van der Waals surface area contributed by atoms with Gasteiger partial charge in [-0.25, -0.2) is 4.79 Å². The standard InChI is InChI=1S/C17H18ClNO2/c1-12-8-9-13(10-15(12)18)11-19-16(17(20)21-2)14-6-4-3-5-7-14/h3-10,16,19H,11H2,1-2H3. The molecule has 1 unspecified atom stereocenters. The number of methoxy groups -OCH3 is 1. The molecule has 0 amide bonds. The van der Waals surface area contributed by atoms with Gasteiger partial charge in [0.15, 0.2) is 0 Å². The number of carbonyl (C=O) groups is 1. The molecule has 110 valence electrons. The Hall–Kier alpha value is -1.84. The number of aryl methyl sites for hydroxylation is 1. The van der Waals surface area contributed by atoms with Gasteiger partial charge in [-0.1, -0.05) is 54.1 Å². The van der Waals surface area contributed by atoms with Gasteiger partial charge in [0.25, 0.3) is 0 Å². The van der Waals surface area contributed by atoms with Crippen molar-refractivity contribution >= 4 is 17.6 Å². The lowest BCUT2D eigenvalue weighted by molar-refractivity contribution is -0.143. The second-order valence-electron chi connectivity index (χ2n) is 4.83. The fourth-order valence-electron chi connectivity index (χ4n) is 2.07. The second kappa shape index (κ2) is 7.25. The number of hydrogen-bond acceptors (Lipinski definition) is 3. The summed E-state index contributed by atoms with van der Waals surface area (Å²) in [7, 11) is 1.39. The third-order valence-corrected chi connectivity index (χ3v) is 3.72. The summed E-state index contributed by atoms with van der Waals surface area (Å²) in [4.78, 5) is 11.9. The van der Waals surface area contributed by atoms with Crippen LogP contribution in [-0.2, 0) is 16.1 Å². The molecule has 0 aromatic heterocycles. The van der Waals surface area contributed by atoms with Crippen LogP contribution in [-0.4, -0.2) is 13.1 Å². The van der Waals surface area contributed by atoms with Gasteiger partial charge in [-0.15, -0.1) is 0 Å². The SMILES string of the molecule is COC(=O)C(NCc1ccc(C)c(Cl)c1)c1ccccc1. The van der Waals surface area contributed by atoms with Crippen molar-refractivity contribution in [1.29, 1.82) is 0 Å². The van der Waals surface area contributed by atoms with Gasteiger partial charge in [0.2, 0.25) is 0 Å². The molecule has 4 heteroatoms. The largest absolute Gasteiger partial charge is 0.468 e. The zero-order valence-corrected chi connectivity index (χ0v) is 12.9. The fraction of sp³-hybridized carbons (Fsp3) is 0.235. The average molecular weight is 304 g/mol. The molecule has 0 aliphatic heterocycles. The number of carbonyl (C=O) groups excluding carboxylic acids is 1. The topological polar surface area (TPSA) is 38.3 Å². The maximum absolute atomic E-state index is 11.9. The summed E-state index contributed by atoms with van der Waals surface area (Å²) in [6.45, 7) is 2.50. The Balaban J connectivity index is 2.12. The highest BCUT2D eigenvalue weighted by atomic mass is 35.5. The van der Waals surface area contributed by atoms with Crippen molar-refractivity contribution in [3.05, 3.63) is 70.2 Å². The van der Waals surface area contributed by atoms with Crippen molar-refractivity contribution < 1.29 is 9.53 Å². The van der Waals surface area contributed by atoms with Gasteiger partial charge in [-0.3, -0.25) is 5.32 Å². The van der Waals surface area contributed by atoms with Crippen molar-refractivity contribution in [2.75, 3.05) is 7.11 Å². The van der Waals surface area contributed by atoms with Crippen LogP contribution in [0.1, 0.15) is 22.7 Å². The molecule has 0 aliphatic carbocycles. The molecule has 0 spiro atoms. The predicted molar refractivity (Wildman–Crippen MR) is 84.2 cm³/mol. The Morgan fingerprint density at radius 1 is 1.24 bits per heavy atom. The Bertz CT molecular complexity index is 613. The van der Waals surface area contributed by atoms with Gasteiger partial charge >= 0.3 is 5.97 Å². The maximum atomic E-state index is 11.9. The van der Waals surface area contributed by atoms with Crippen molar-refractivity contribution in [1.82, 2.24) is 5.32 Å². The maximum Gasteiger partial charge on any atom is 0.327 e. The molecule has 0 saturated carbocycles. The van der Waals surface area contributed by atoms with Crippen LogP contribution in [0.3, 0.4) is 0 Å². The molecule has 0 radical (unpaired) electrons. The monoisotopic (exact) mass is 303 g/mol. The molecule has 0 heterocycles. The van der Waals surface area contributed by atoms with E-state index >= 15 is 0 Å². The summed E-state index contributed by atoms with van der Waals surface area (Å²) in [6, 6.07) is 14.9. The zero-order chi connectivity index (χ0) is 15.2. The number of halogens is 1. The smallest absolute Gasteiger partial charge is 0.327 e. The summed E-state index contributed by atoms with van der Waals surface area (Å²) in [5.41, 5.74) is 2.94. The third kappa shape index (κ3) is 4.06. The highest BCUT2D eigenvalue weighted by molar-refractivity contribution is 6.31. The van der Waals surface area contributed by atoms with Crippen LogP contribution in [0.4, 0.5) is 0 Å². The van der Waals surface area contributed by atoms with Gasteiger partial charge in [0.05, 0.1) is 7.11 Å². The molecule has 2 aromatic rings. The molecule has 2 rings (SSSR count). The van der Waals surface area contributed by atoms with Crippen molar-refractivity contribution in [3.8, 4) is 0 Å². The number of ether oxygens (including phenoxy) is 1. The van der Waals surface area contributed by atoms with Crippen LogP contribution in [0, 0.1) is 6.92 Å². The fourth-order valence-corrected chi connectivity index (χ4v) is 2.27. The van der Waals surface area contributed by atoms with Gasteiger partial charge in [0.1, 0.15) is 6.04 Å². The third-order valence-electron chi connectivity index (χ3n) is 3.32. The van der Waals surface area contributed by atoms with Crippen LogP contribution in [0.25, 0.3) is 0 Å². The first-order valence-corrected chi connectivity index (χ1v) is 7.11. The Labute approximate surface area is 129 Å². The number of hydrogen-bond donors (Lipinski definition) is 1. The lowest BCUT2D eigenvalue weighted by Crippen LogP contribution is -2.29. The normalized spacial score (nSPS) is 12.0. The predicted octanol–water partition coefficient (Wildman–Crippen LogP) is 3.65. The lowest BCUT2D eigenvalue weighted by Gasteiger charge is -2.17. The molecule has 0 saturated heterocycles. The van der Waals surface area contributed by atoms with Crippen molar-refractivity contribution in [2.24, 2.45) is 0 Å². The highest BCUT2D eigenvalue weighted by Gasteiger charge is 2.20. The summed E-state index contributed by atoms with van der Waals surface area (Å²) < 4.78 is 4.87. The highest BCUT2D eigenvalue weighted by Crippen LogP contribution is 2.19. The van der Waals surface area contributed by atoms with Crippen molar-refractivity contribution in [2.45, 2.75) is 19.5 Å². The van der Waals surface area contributed by atoms with Crippen LogP contribution in [0.2, 0.25) is 5.02 Å². The van der Waals surface area contributed by atoms with E-state index in [2.05, 4.69) is 5.32 Å². The van der Waals surface area contributed by atoms with Gasteiger partial charge in [-0.05, 0) is 29.7 Å². The quantitative estimate of drug-likeness (QED) is 0.857. The summed E-state index contributed by atoms with van der Waals surface area (Å²) in [5.74, 6) is -0.306. The first-order chi connectivity index (χ1) is 10.1. The van der Waals surface area contributed by atoms with E-state index in [1.165, 1.54) is 7.11 Å². The van der Waals surface area contributed by atoms with Gasteiger partial charge in [0, 0.05) is 11.6 Å². The molecule has 1 N–H and O–H groups in total. The average Bonchev–Trinajstić information content (AvgIpc) is 2.51. The number of esters is 1. The lowest BCUT2D eigenvalue weighted by atomic mass is 10.1. The van der Waals surface area contributed by atoms with Crippen LogP contribution in [0.15, 0.2) is 48.5 Å². The Morgan fingerprint density at radius 2 is 1.95 bits per heavy atom. The van der Waals surface area contributed by atoms with Crippen LogP contribution >= 0.6 is 11.6 Å². The zero-order valence-electron chi connectivity index (χ0n) is 12.1. The first kappa shape index (κ1) is 15.5. The summed E-state index contributed by atoms with van der Waals surface area (Å²) in [6.07, 6.45) is 0. The van der Waals surface area contributed by atoms with E-state index in [0.717, 1.165) is 21.7 Å². The molecule has 2 aromatic carbocycles. The molecule has 0 bridgehead atoms. The van der Waals surface area contributed by atoms with E-state index in [4.69, 9.17) is 16.3 Å². The van der Waals surface area contributed by atoms with Crippen LogP contribution < -0.4 is 5.32 Å². The number of rotatable bonds is 5. The summed E-state index contributed by atoms with van der Waals surface area (Å²) in [5, 5.41) is 3.94. The molecule has 3 nitrogen and oxygen atoms in total. The van der Waals surface area contributed by atoms with E-state index in [0.29, 0.717) is 6.54 Å². The first-order valence-electron chi connectivity index (χ1n) is 6.73. The summed E-state index contributed by atoms with van der Waals surface area (Å²) >= 11 is 6.12. The van der Waals surface area contributed by atoms with E-state index in [-0.39, 0.29) is 5.97 Å². The van der Waals surface area contributed by atoms with Gasteiger partial charge < -0.3 is 4.74 Å². The minimum atomic E-state index is -0.490. The van der Waals surface area contributed by atoms with Crippen LogP contribution in [0.5, 0.6) is 0 Å². The molecular weight excluding hydrogens is 286 g/mol. The second-order valence-corrected chi connectivity index (χ2v) is 5.24.